The van der Waals surface area contributed by atoms with Crippen LogP contribution in [0.2, 0.25) is 0 Å². The van der Waals surface area contributed by atoms with E-state index < -0.39 is 11.2 Å². The van der Waals surface area contributed by atoms with E-state index in [1.165, 1.54) is 17.3 Å². The number of nitrogens with one attached hydrogen (secondary N) is 1. The van der Waals surface area contributed by atoms with Gasteiger partial charge in [0.15, 0.2) is 0 Å². The Morgan fingerprint density at radius 2 is 1.89 bits per heavy atom. The Balaban J connectivity index is 2.44. The Morgan fingerprint density at radius 1 is 1.28 bits per heavy atom. The Morgan fingerprint density at radius 3 is 2.39 bits per heavy atom. The van der Waals surface area contributed by atoms with Crippen LogP contribution in [0.25, 0.3) is 0 Å². The minimum atomic E-state index is -0.775. The third-order valence-corrected chi connectivity index (χ3v) is 3.57. The summed E-state index contributed by atoms with van der Waals surface area (Å²) >= 11 is 1.37. The first-order valence-electron chi connectivity index (χ1n) is 6.18. The van der Waals surface area contributed by atoms with Gasteiger partial charge >= 0.3 is 5.97 Å². The van der Waals surface area contributed by atoms with Crippen molar-refractivity contribution in [1.29, 1.82) is 0 Å². The van der Waals surface area contributed by atoms with Crippen molar-refractivity contribution in [1.82, 2.24) is 5.32 Å². The summed E-state index contributed by atoms with van der Waals surface area (Å²) in [6.07, 6.45) is 0. The van der Waals surface area contributed by atoms with Crippen molar-refractivity contribution in [2.75, 3.05) is 6.54 Å². The molecule has 0 amide bonds. The largest absolute Gasteiger partial charge is 0.480 e. The first kappa shape index (κ1) is 15.1. The lowest BCUT2D eigenvalue weighted by Gasteiger charge is -2.09. The van der Waals surface area contributed by atoms with E-state index in [0.717, 1.165) is 18.0 Å². The standard InChI is InChI=1S/C14H21NO2S/c1-10(2)8-15-9-12-4-6-13(7-5-12)18-11(3)14(16)17/h4-7,10-11,15H,8-9H2,1-3H3,(H,16,17). The molecule has 0 spiro atoms. The number of benzene rings is 1. The predicted molar refractivity (Wildman–Crippen MR) is 75.9 cm³/mol. The molecule has 1 aromatic carbocycles. The second-order valence-corrected chi connectivity index (χ2v) is 6.18. The van der Waals surface area contributed by atoms with E-state index in [1.807, 2.05) is 24.3 Å². The SMILES string of the molecule is CC(C)CNCc1ccc(SC(C)C(=O)O)cc1. The van der Waals surface area contributed by atoms with Crippen molar-refractivity contribution < 1.29 is 9.90 Å². The number of aliphatic carboxylic acids is 1. The number of carboxylic acids is 1. The average molecular weight is 267 g/mol. The van der Waals surface area contributed by atoms with Crippen molar-refractivity contribution in [2.45, 2.75) is 37.5 Å². The molecule has 0 aliphatic rings. The van der Waals surface area contributed by atoms with Gasteiger partial charge in [-0.2, -0.15) is 0 Å². The molecule has 0 aromatic heterocycles. The van der Waals surface area contributed by atoms with E-state index in [1.54, 1.807) is 6.92 Å². The van der Waals surface area contributed by atoms with Gasteiger partial charge in [-0.05, 0) is 37.1 Å². The minimum absolute atomic E-state index is 0.407. The lowest BCUT2D eigenvalue weighted by Crippen LogP contribution is -2.18. The van der Waals surface area contributed by atoms with E-state index in [9.17, 15) is 4.79 Å². The maximum atomic E-state index is 10.7. The number of rotatable bonds is 7. The molecule has 1 aromatic rings. The van der Waals surface area contributed by atoms with Crippen LogP contribution in [0, 0.1) is 5.92 Å². The maximum absolute atomic E-state index is 10.7. The van der Waals surface area contributed by atoms with Crippen molar-refractivity contribution in [2.24, 2.45) is 5.92 Å². The van der Waals surface area contributed by atoms with Gasteiger partial charge in [0.05, 0.1) is 0 Å². The molecule has 0 bridgehead atoms. The summed E-state index contributed by atoms with van der Waals surface area (Å²) in [4.78, 5) is 11.7. The first-order chi connectivity index (χ1) is 8.49. The van der Waals surface area contributed by atoms with Crippen LogP contribution in [0.3, 0.4) is 0 Å². The quantitative estimate of drug-likeness (QED) is 0.746. The van der Waals surface area contributed by atoms with Gasteiger partial charge in [-0.15, -0.1) is 11.8 Å². The zero-order valence-electron chi connectivity index (χ0n) is 11.1. The van der Waals surface area contributed by atoms with E-state index in [2.05, 4.69) is 19.2 Å². The topological polar surface area (TPSA) is 49.3 Å². The van der Waals surface area contributed by atoms with E-state index in [4.69, 9.17) is 5.11 Å². The average Bonchev–Trinajstić information content (AvgIpc) is 2.30. The lowest BCUT2D eigenvalue weighted by atomic mass is 10.2. The Kier molecular flexibility index (Phi) is 6.22. The molecule has 0 aliphatic heterocycles. The van der Waals surface area contributed by atoms with Gasteiger partial charge < -0.3 is 10.4 Å². The maximum Gasteiger partial charge on any atom is 0.316 e. The molecular formula is C14H21NO2S. The third-order valence-electron chi connectivity index (χ3n) is 2.47. The van der Waals surface area contributed by atoms with Gasteiger partial charge in [0.1, 0.15) is 5.25 Å². The smallest absolute Gasteiger partial charge is 0.316 e. The molecule has 2 N–H and O–H groups in total. The molecule has 0 saturated carbocycles. The number of carbonyl (C=O) groups is 1. The van der Waals surface area contributed by atoms with Crippen LogP contribution in [-0.4, -0.2) is 22.9 Å². The molecule has 4 heteroatoms. The number of thioether (sulfide) groups is 1. The molecule has 0 aliphatic carbocycles. The summed E-state index contributed by atoms with van der Waals surface area (Å²) in [7, 11) is 0. The van der Waals surface area contributed by atoms with Crippen LogP contribution in [-0.2, 0) is 11.3 Å². The van der Waals surface area contributed by atoms with Gasteiger partial charge in [0, 0.05) is 11.4 Å². The summed E-state index contributed by atoms with van der Waals surface area (Å²) in [5, 5.41) is 11.8. The van der Waals surface area contributed by atoms with Gasteiger partial charge in [-0.1, -0.05) is 26.0 Å². The zero-order chi connectivity index (χ0) is 13.5. The molecule has 0 saturated heterocycles. The van der Waals surface area contributed by atoms with Crippen molar-refractivity contribution in [3.05, 3.63) is 29.8 Å². The highest BCUT2D eigenvalue weighted by molar-refractivity contribution is 8.00. The number of carboxylic acid groups (broad SMARTS) is 1. The summed E-state index contributed by atoms with van der Waals surface area (Å²) < 4.78 is 0. The number of hydrogen-bond acceptors (Lipinski definition) is 3. The fourth-order valence-corrected chi connectivity index (χ4v) is 2.25. The molecule has 0 radical (unpaired) electrons. The second-order valence-electron chi connectivity index (χ2n) is 4.77. The monoisotopic (exact) mass is 267 g/mol. The molecule has 1 unspecified atom stereocenters. The van der Waals surface area contributed by atoms with Crippen molar-refractivity contribution >= 4 is 17.7 Å². The van der Waals surface area contributed by atoms with E-state index >= 15 is 0 Å². The lowest BCUT2D eigenvalue weighted by molar-refractivity contribution is -0.136. The highest BCUT2D eigenvalue weighted by Crippen LogP contribution is 2.23. The van der Waals surface area contributed by atoms with Crippen LogP contribution in [0.15, 0.2) is 29.2 Å². The van der Waals surface area contributed by atoms with E-state index in [-0.39, 0.29) is 0 Å². The highest BCUT2D eigenvalue weighted by atomic mass is 32.2. The first-order valence-corrected chi connectivity index (χ1v) is 7.06. The second kappa shape index (κ2) is 7.44. The molecular weight excluding hydrogens is 246 g/mol. The molecule has 0 fully saturated rings. The Hall–Kier alpha value is -1.00. The van der Waals surface area contributed by atoms with Crippen LogP contribution in [0.5, 0.6) is 0 Å². The van der Waals surface area contributed by atoms with Gasteiger partial charge in [-0.3, -0.25) is 4.79 Å². The molecule has 18 heavy (non-hydrogen) atoms. The van der Waals surface area contributed by atoms with Crippen LogP contribution >= 0.6 is 11.8 Å². The van der Waals surface area contributed by atoms with Crippen LogP contribution in [0.4, 0.5) is 0 Å². The molecule has 0 heterocycles. The van der Waals surface area contributed by atoms with Crippen LogP contribution in [0.1, 0.15) is 26.3 Å². The van der Waals surface area contributed by atoms with Crippen LogP contribution < -0.4 is 5.32 Å². The normalized spacial score (nSPS) is 12.7. The zero-order valence-corrected chi connectivity index (χ0v) is 12.0. The van der Waals surface area contributed by atoms with E-state index in [0.29, 0.717) is 5.92 Å². The van der Waals surface area contributed by atoms with Crippen molar-refractivity contribution in [3.8, 4) is 0 Å². The van der Waals surface area contributed by atoms with Crippen molar-refractivity contribution in [3.63, 3.8) is 0 Å². The molecule has 3 nitrogen and oxygen atoms in total. The van der Waals surface area contributed by atoms with Gasteiger partial charge in [-0.25, -0.2) is 0 Å². The summed E-state index contributed by atoms with van der Waals surface area (Å²) in [6, 6.07) is 8.06. The summed E-state index contributed by atoms with van der Waals surface area (Å²) in [5.41, 5.74) is 1.22. The summed E-state index contributed by atoms with van der Waals surface area (Å²) in [5.74, 6) is -0.126. The molecule has 1 atom stereocenters. The minimum Gasteiger partial charge on any atom is -0.480 e. The molecule has 1 rings (SSSR count). The summed E-state index contributed by atoms with van der Waals surface area (Å²) in [6.45, 7) is 7.93. The van der Waals surface area contributed by atoms with Gasteiger partial charge in [0.2, 0.25) is 0 Å². The third kappa shape index (κ3) is 5.56. The fraction of sp³-hybridized carbons (Fsp3) is 0.500. The number of hydrogen-bond donors (Lipinski definition) is 2. The van der Waals surface area contributed by atoms with Gasteiger partial charge in [0.25, 0.3) is 0 Å². The predicted octanol–water partition coefficient (Wildman–Crippen LogP) is 3.00. The highest BCUT2D eigenvalue weighted by Gasteiger charge is 2.11. The Labute approximate surface area is 113 Å². The Bertz CT molecular complexity index is 376. The fourth-order valence-electron chi connectivity index (χ4n) is 1.45. The molecule has 100 valence electrons.